The summed E-state index contributed by atoms with van der Waals surface area (Å²) >= 11 is 0. The van der Waals surface area contributed by atoms with E-state index >= 15 is 0 Å². The minimum Gasteiger partial charge on any atom is -0.355 e. The van der Waals surface area contributed by atoms with Gasteiger partial charge in [0.1, 0.15) is 5.82 Å². The molecule has 34 heavy (non-hydrogen) atoms. The fourth-order valence-electron chi connectivity index (χ4n) is 5.07. The highest BCUT2D eigenvalue weighted by molar-refractivity contribution is 8.13. The molecule has 2 aliphatic heterocycles. The number of likely N-dealkylation sites (tertiary alicyclic amines) is 1. The average molecular weight is 479 g/mol. The number of hydrogen-bond acceptors (Lipinski definition) is 6. The topological polar surface area (TPSA) is 96.8 Å². The van der Waals surface area contributed by atoms with E-state index in [0.717, 1.165) is 66.4 Å². The van der Waals surface area contributed by atoms with E-state index in [2.05, 4.69) is 4.90 Å². The number of carbonyl (C=O) groups is 1. The van der Waals surface area contributed by atoms with Crippen molar-refractivity contribution in [1.82, 2.24) is 19.5 Å². The van der Waals surface area contributed by atoms with E-state index in [1.807, 2.05) is 58.1 Å². The van der Waals surface area contributed by atoms with Crippen LogP contribution >= 0.6 is 10.5 Å². The van der Waals surface area contributed by atoms with E-state index in [1.54, 1.807) is 6.26 Å². The number of aryl methyl sites for hydroxylation is 1. The number of anilines is 1. The molecule has 2 fully saturated rings. The number of rotatable bonds is 4. The first-order valence-electron chi connectivity index (χ1n) is 11.8. The summed E-state index contributed by atoms with van der Waals surface area (Å²) < 4.78 is 1.82. The Labute approximate surface area is 201 Å². The van der Waals surface area contributed by atoms with Gasteiger partial charge in [-0.2, -0.15) is 5.10 Å². The summed E-state index contributed by atoms with van der Waals surface area (Å²) in [5, 5.41) is 6.88. The standard InChI is InChI=1S/C25H30N6O2S/c1-17-14-31-23(27-24(17)29-12-10-18(26)15-29)13-20(28-31)21-8-5-6-11-30(21)25(33)19-7-3-4-9-22(19)34(2)16-32/h3-4,7,9,13-14,18,21H,5-6,8,10-12,15,26H2,1-2H3/t18-,21-,34?/m0/s1. The number of amides is 1. The highest BCUT2D eigenvalue weighted by Gasteiger charge is 2.32. The molecule has 9 heteroatoms. The number of aromatic nitrogens is 3. The minimum atomic E-state index is -0.751. The van der Waals surface area contributed by atoms with Gasteiger partial charge in [0.15, 0.2) is 10.9 Å². The Balaban J connectivity index is 1.49. The van der Waals surface area contributed by atoms with Gasteiger partial charge in [-0.15, -0.1) is 0 Å². The first kappa shape index (κ1) is 22.8. The molecule has 1 aromatic carbocycles. The zero-order valence-electron chi connectivity index (χ0n) is 19.6. The summed E-state index contributed by atoms with van der Waals surface area (Å²) in [6.07, 6.45) is 7.62. The zero-order valence-corrected chi connectivity index (χ0v) is 20.4. The lowest BCUT2D eigenvalue weighted by atomic mass is 9.98. The van der Waals surface area contributed by atoms with Gasteiger partial charge in [-0.3, -0.25) is 4.79 Å². The number of benzene rings is 1. The second kappa shape index (κ2) is 9.33. The number of hydrogen-bond donors (Lipinski definition) is 1. The van der Waals surface area contributed by atoms with Crippen LogP contribution in [0.5, 0.6) is 0 Å². The van der Waals surface area contributed by atoms with Crippen LogP contribution in [0.1, 0.15) is 53.3 Å². The van der Waals surface area contributed by atoms with Gasteiger partial charge in [-0.25, -0.2) is 14.3 Å². The molecule has 1 amide bonds. The fraction of sp³-hybridized carbons (Fsp3) is 0.440. The average Bonchev–Trinajstić information content (AvgIpc) is 3.48. The van der Waals surface area contributed by atoms with Crippen LogP contribution in [0, 0.1) is 6.92 Å². The van der Waals surface area contributed by atoms with Gasteiger partial charge in [0.05, 0.1) is 17.3 Å². The third-order valence-corrected chi connectivity index (χ3v) is 8.09. The Kier molecular flexibility index (Phi) is 6.25. The van der Waals surface area contributed by atoms with Crippen molar-refractivity contribution in [1.29, 1.82) is 0 Å². The first-order valence-corrected chi connectivity index (χ1v) is 13.4. The van der Waals surface area contributed by atoms with Gasteiger partial charge < -0.3 is 15.5 Å². The molecule has 2 N–H and O–H groups in total. The Morgan fingerprint density at radius 3 is 2.79 bits per heavy atom. The van der Waals surface area contributed by atoms with Gasteiger partial charge in [0, 0.05) is 48.4 Å². The second-order valence-corrected chi connectivity index (χ2v) is 10.8. The molecule has 0 saturated carbocycles. The molecule has 3 aromatic rings. The number of nitrogens with two attached hydrogens (primary N) is 1. The molecule has 3 atom stereocenters. The molecule has 178 valence electrons. The number of nitrogens with zero attached hydrogens (tertiary/aromatic N) is 5. The Morgan fingerprint density at radius 1 is 1.21 bits per heavy atom. The lowest BCUT2D eigenvalue weighted by Crippen LogP contribution is -2.39. The fourth-order valence-corrected chi connectivity index (χ4v) is 5.93. The van der Waals surface area contributed by atoms with Crippen LogP contribution in [0.3, 0.4) is 0 Å². The van der Waals surface area contributed by atoms with E-state index in [1.165, 1.54) is 0 Å². The van der Waals surface area contributed by atoms with E-state index in [9.17, 15) is 9.59 Å². The second-order valence-electron chi connectivity index (χ2n) is 9.21. The van der Waals surface area contributed by atoms with Crippen LogP contribution in [0.15, 0.2) is 41.4 Å². The molecule has 2 aromatic heterocycles. The number of piperidine rings is 1. The van der Waals surface area contributed by atoms with Gasteiger partial charge in [0.25, 0.3) is 5.91 Å². The van der Waals surface area contributed by atoms with Crippen LogP contribution in [-0.2, 0) is 4.79 Å². The summed E-state index contributed by atoms with van der Waals surface area (Å²) in [6, 6.07) is 9.43. The minimum absolute atomic E-state index is 0.0529. The molecule has 1 unspecified atom stereocenters. The number of carbonyl (C=O) groups excluding carboxylic acids is 2. The van der Waals surface area contributed by atoms with Crippen LogP contribution in [0.2, 0.25) is 0 Å². The molecular formula is C25H30N6O2S. The summed E-state index contributed by atoms with van der Waals surface area (Å²) in [7, 11) is -0.751. The monoisotopic (exact) mass is 478 g/mol. The van der Waals surface area contributed by atoms with Gasteiger partial charge in [0.2, 0.25) is 0 Å². The van der Waals surface area contributed by atoms with Crippen molar-refractivity contribution in [3.05, 3.63) is 53.3 Å². The molecule has 4 heterocycles. The van der Waals surface area contributed by atoms with E-state index in [0.29, 0.717) is 12.1 Å². The van der Waals surface area contributed by atoms with E-state index < -0.39 is 10.5 Å². The zero-order chi connectivity index (χ0) is 23.8. The van der Waals surface area contributed by atoms with Crippen molar-refractivity contribution >= 4 is 33.1 Å². The van der Waals surface area contributed by atoms with Crippen molar-refractivity contribution < 1.29 is 9.59 Å². The maximum atomic E-state index is 13.7. The van der Waals surface area contributed by atoms with Crippen molar-refractivity contribution in [3.63, 3.8) is 0 Å². The first-order chi connectivity index (χ1) is 16.5. The third kappa shape index (κ3) is 4.15. The maximum absolute atomic E-state index is 13.7. The molecular weight excluding hydrogens is 448 g/mol. The summed E-state index contributed by atoms with van der Waals surface area (Å²) in [4.78, 5) is 34.8. The maximum Gasteiger partial charge on any atom is 0.255 e. The summed E-state index contributed by atoms with van der Waals surface area (Å²) in [5.74, 6) is 0.903. The molecule has 5 rings (SSSR count). The molecule has 0 aliphatic carbocycles. The highest BCUT2D eigenvalue weighted by Crippen LogP contribution is 2.35. The molecule has 2 saturated heterocycles. The lowest BCUT2D eigenvalue weighted by Gasteiger charge is -2.35. The van der Waals surface area contributed by atoms with Crippen molar-refractivity contribution in [3.8, 4) is 0 Å². The predicted octanol–water partition coefficient (Wildman–Crippen LogP) is 3.27. The molecule has 8 nitrogen and oxygen atoms in total. The smallest absolute Gasteiger partial charge is 0.255 e. The molecule has 0 spiro atoms. The normalized spacial score (nSPS) is 21.6. The van der Waals surface area contributed by atoms with Crippen molar-refractivity contribution in [2.75, 3.05) is 30.8 Å². The van der Waals surface area contributed by atoms with Gasteiger partial charge >= 0.3 is 0 Å². The molecule has 0 radical (unpaired) electrons. The number of fused-ring (bicyclic) bond motifs is 1. The Bertz CT molecular complexity index is 1300. The van der Waals surface area contributed by atoms with Crippen LogP contribution < -0.4 is 10.6 Å². The highest BCUT2D eigenvalue weighted by atomic mass is 32.2. The Hall–Kier alpha value is -3.00. The van der Waals surface area contributed by atoms with Crippen LogP contribution in [0.25, 0.3) is 5.65 Å². The van der Waals surface area contributed by atoms with Crippen LogP contribution in [0.4, 0.5) is 5.82 Å². The van der Waals surface area contributed by atoms with Crippen molar-refractivity contribution in [2.24, 2.45) is 5.73 Å². The third-order valence-electron chi connectivity index (χ3n) is 6.83. The summed E-state index contributed by atoms with van der Waals surface area (Å²) in [6.45, 7) is 4.43. The van der Waals surface area contributed by atoms with E-state index in [4.69, 9.17) is 15.8 Å². The van der Waals surface area contributed by atoms with Gasteiger partial charge in [-0.05, 0) is 51.0 Å². The summed E-state index contributed by atoms with van der Waals surface area (Å²) in [5.41, 5.74) is 9.38. The quantitative estimate of drug-likeness (QED) is 0.578. The predicted molar refractivity (Wildman–Crippen MR) is 134 cm³/mol. The molecule has 0 bridgehead atoms. The van der Waals surface area contributed by atoms with Crippen LogP contribution in [-0.4, -0.2) is 62.6 Å². The Morgan fingerprint density at radius 2 is 2.03 bits per heavy atom. The van der Waals surface area contributed by atoms with Gasteiger partial charge in [-0.1, -0.05) is 22.6 Å². The lowest BCUT2D eigenvalue weighted by molar-refractivity contribution is 0.0602. The van der Waals surface area contributed by atoms with Crippen molar-refractivity contribution in [2.45, 2.75) is 49.6 Å². The molecule has 2 aliphatic rings. The largest absolute Gasteiger partial charge is 0.355 e. The van der Waals surface area contributed by atoms with E-state index in [-0.39, 0.29) is 18.0 Å². The SMILES string of the molecule is Cc1cn2nc([C@@H]3CCCCN3C(=O)c3ccccc3S(C)=C=O)cc2nc1N1CC[C@H](N)C1.